The summed E-state index contributed by atoms with van der Waals surface area (Å²) in [5.74, 6) is 0.760. The van der Waals surface area contributed by atoms with Crippen LogP contribution in [0.25, 0.3) is 6.08 Å². The van der Waals surface area contributed by atoms with Gasteiger partial charge in [-0.3, -0.25) is 5.43 Å². The maximum atomic E-state index is 5.27. The Morgan fingerprint density at radius 1 is 1.09 bits per heavy atom. The van der Waals surface area contributed by atoms with Crippen molar-refractivity contribution in [1.82, 2.24) is 5.43 Å². The number of nitrogens with one attached hydrogen (secondary N) is 2. The molecule has 0 amide bonds. The lowest BCUT2D eigenvalue weighted by atomic mass is 10.1. The number of hydrogen-bond acceptors (Lipinski definition) is 3. The second-order valence-corrected chi connectivity index (χ2v) is 5.06. The summed E-state index contributed by atoms with van der Waals surface area (Å²) in [5.41, 5.74) is 5.67. The third kappa shape index (κ3) is 4.93. The number of thiocarbonyl (C=S) groups is 1. The summed E-state index contributed by atoms with van der Waals surface area (Å²) in [5, 5.41) is 7.70. The van der Waals surface area contributed by atoms with Crippen LogP contribution in [0.5, 0.6) is 5.75 Å². The molecule has 0 fully saturated rings. The molecule has 0 saturated heterocycles. The maximum absolute atomic E-state index is 5.27. The number of para-hydroxylation sites is 2. The molecule has 0 aliphatic heterocycles. The molecule has 2 aromatic rings. The van der Waals surface area contributed by atoms with Crippen molar-refractivity contribution in [2.45, 2.75) is 6.92 Å². The predicted molar refractivity (Wildman–Crippen MR) is 101 cm³/mol. The highest BCUT2D eigenvalue weighted by Gasteiger charge is 2.01. The molecule has 0 saturated carbocycles. The fraction of sp³-hybridized carbons (Fsp3) is 0.111. The van der Waals surface area contributed by atoms with Crippen LogP contribution in [0.4, 0.5) is 5.69 Å². The Morgan fingerprint density at radius 3 is 2.52 bits per heavy atom. The topological polar surface area (TPSA) is 45.7 Å². The number of rotatable bonds is 5. The maximum Gasteiger partial charge on any atom is 0.191 e. The number of ether oxygens (including phenoxy) is 1. The van der Waals surface area contributed by atoms with Crippen molar-refractivity contribution in [2.24, 2.45) is 5.10 Å². The summed E-state index contributed by atoms with van der Waals surface area (Å²) in [7, 11) is 1.63. The zero-order chi connectivity index (χ0) is 16.5. The lowest BCUT2D eigenvalue weighted by Crippen LogP contribution is -2.24. The average molecular weight is 325 g/mol. The van der Waals surface area contributed by atoms with Crippen molar-refractivity contribution in [3.05, 3.63) is 65.7 Å². The highest BCUT2D eigenvalue weighted by Crippen LogP contribution is 2.16. The van der Waals surface area contributed by atoms with Gasteiger partial charge in [0, 0.05) is 11.3 Å². The highest BCUT2D eigenvalue weighted by atomic mass is 32.1. The predicted octanol–water partition coefficient (Wildman–Crippen LogP) is 4.05. The Bertz CT molecular complexity index is 726. The number of nitrogens with zero attached hydrogens (tertiary/aromatic N) is 1. The van der Waals surface area contributed by atoms with Crippen molar-refractivity contribution in [3.63, 3.8) is 0 Å². The van der Waals surface area contributed by atoms with Gasteiger partial charge >= 0.3 is 0 Å². The number of benzene rings is 2. The number of hydrogen-bond donors (Lipinski definition) is 2. The minimum atomic E-state index is 0.424. The van der Waals surface area contributed by atoms with Crippen molar-refractivity contribution in [1.29, 1.82) is 0 Å². The molecule has 0 atom stereocenters. The zero-order valence-electron chi connectivity index (χ0n) is 13.1. The Morgan fingerprint density at radius 2 is 1.78 bits per heavy atom. The van der Waals surface area contributed by atoms with Gasteiger partial charge in [0.05, 0.1) is 13.3 Å². The largest absolute Gasteiger partial charge is 0.496 e. The molecule has 23 heavy (non-hydrogen) atoms. The first kappa shape index (κ1) is 16.7. The number of allylic oxidation sites excluding steroid dienone is 1. The highest BCUT2D eigenvalue weighted by molar-refractivity contribution is 7.80. The minimum absolute atomic E-state index is 0.424. The van der Waals surface area contributed by atoms with E-state index in [1.165, 1.54) is 0 Å². The van der Waals surface area contributed by atoms with E-state index in [1.807, 2.05) is 67.6 Å². The number of methoxy groups -OCH3 is 1. The van der Waals surface area contributed by atoms with Gasteiger partial charge in [-0.2, -0.15) is 5.10 Å². The van der Waals surface area contributed by atoms with E-state index in [-0.39, 0.29) is 0 Å². The van der Waals surface area contributed by atoms with E-state index in [2.05, 4.69) is 15.8 Å². The van der Waals surface area contributed by atoms with Crippen LogP contribution in [0.2, 0.25) is 0 Å². The fourth-order valence-corrected chi connectivity index (χ4v) is 2.18. The van der Waals surface area contributed by atoms with E-state index in [0.717, 1.165) is 22.6 Å². The Kier molecular flexibility index (Phi) is 6.32. The first-order valence-electron chi connectivity index (χ1n) is 7.19. The third-order valence-corrected chi connectivity index (χ3v) is 3.26. The molecule has 2 rings (SSSR count). The molecule has 0 aromatic heterocycles. The molecule has 0 spiro atoms. The van der Waals surface area contributed by atoms with Gasteiger partial charge < -0.3 is 10.1 Å². The molecule has 0 radical (unpaired) electrons. The Labute approximate surface area is 141 Å². The van der Waals surface area contributed by atoms with Gasteiger partial charge in [0.2, 0.25) is 0 Å². The molecule has 0 aliphatic rings. The van der Waals surface area contributed by atoms with Crippen LogP contribution >= 0.6 is 12.2 Å². The number of hydrazone groups is 1. The van der Waals surface area contributed by atoms with Crippen molar-refractivity contribution >= 4 is 35.3 Å². The van der Waals surface area contributed by atoms with Crippen molar-refractivity contribution in [2.75, 3.05) is 12.4 Å². The molecule has 0 bridgehead atoms. The van der Waals surface area contributed by atoms with Crippen LogP contribution in [0.15, 0.2) is 59.7 Å². The fourth-order valence-electron chi connectivity index (χ4n) is 2.02. The van der Waals surface area contributed by atoms with E-state index < -0.39 is 0 Å². The standard InChI is InChI=1S/C18H19N3OS/c1-3-8-14-9-4-6-11-16(14)20-18(23)21-19-13-15-10-5-7-12-17(15)22-2/h3-13H,1-2H3,(H2,20,21,23). The monoisotopic (exact) mass is 325 g/mol. The molecule has 0 aliphatic carbocycles. The van der Waals surface area contributed by atoms with E-state index >= 15 is 0 Å². The molecule has 4 nitrogen and oxygen atoms in total. The summed E-state index contributed by atoms with van der Waals surface area (Å²) in [6, 6.07) is 15.6. The van der Waals surface area contributed by atoms with Crippen LogP contribution in [0.1, 0.15) is 18.1 Å². The summed E-state index contributed by atoms with van der Waals surface area (Å²) in [6.45, 7) is 1.98. The third-order valence-electron chi connectivity index (χ3n) is 3.06. The summed E-state index contributed by atoms with van der Waals surface area (Å²) in [6.07, 6.45) is 5.67. The van der Waals surface area contributed by atoms with Gasteiger partial charge in [0.15, 0.2) is 5.11 Å². The number of anilines is 1. The minimum Gasteiger partial charge on any atom is -0.496 e. The molecule has 5 heteroatoms. The lowest BCUT2D eigenvalue weighted by Gasteiger charge is -2.10. The van der Waals surface area contributed by atoms with E-state index in [0.29, 0.717) is 5.11 Å². The summed E-state index contributed by atoms with van der Waals surface area (Å²) in [4.78, 5) is 0. The molecular weight excluding hydrogens is 306 g/mol. The van der Waals surface area contributed by atoms with Crippen LogP contribution in [0.3, 0.4) is 0 Å². The van der Waals surface area contributed by atoms with E-state index in [1.54, 1.807) is 13.3 Å². The molecule has 118 valence electrons. The van der Waals surface area contributed by atoms with E-state index in [9.17, 15) is 0 Å². The van der Waals surface area contributed by atoms with Gasteiger partial charge in [-0.15, -0.1) is 0 Å². The van der Waals surface area contributed by atoms with Crippen LogP contribution in [-0.4, -0.2) is 18.4 Å². The second-order valence-electron chi connectivity index (χ2n) is 4.65. The van der Waals surface area contributed by atoms with Gasteiger partial charge in [-0.1, -0.05) is 42.5 Å². The smallest absolute Gasteiger partial charge is 0.191 e. The normalized spacial score (nSPS) is 10.9. The molecule has 2 N–H and O–H groups in total. The molecule has 0 heterocycles. The molecular formula is C18H19N3OS. The first-order valence-corrected chi connectivity index (χ1v) is 7.60. The van der Waals surface area contributed by atoms with Crippen LogP contribution in [-0.2, 0) is 0 Å². The lowest BCUT2D eigenvalue weighted by molar-refractivity contribution is 0.414. The molecule has 2 aromatic carbocycles. The summed E-state index contributed by atoms with van der Waals surface area (Å²) >= 11 is 5.27. The van der Waals surface area contributed by atoms with Crippen molar-refractivity contribution < 1.29 is 4.74 Å². The Balaban J connectivity index is 1.99. The SMILES string of the molecule is CC=Cc1ccccc1NC(=S)NN=Cc1ccccc1OC. The molecule has 0 unspecified atom stereocenters. The first-order chi connectivity index (χ1) is 11.2. The van der Waals surface area contributed by atoms with Crippen LogP contribution in [0, 0.1) is 0 Å². The van der Waals surface area contributed by atoms with Gasteiger partial charge in [-0.25, -0.2) is 0 Å². The second kappa shape index (κ2) is 8.70. The van der Waals surface area contributed by atoms with Gasteiger partial charge in [0.1, 0.15) is 5.75 Å². The average Bonchev–Trinajstić information content (AvgIpc) is 2.57. The van der Waals surface area contributed by atoms with E-state index in [4.69, 9.17) is 17.0 Å². The summed E-state index contributed by atoms with van der Waals surface area (Å²) < 4.78 is 5.27. The zero-order valence-corrected chi connectivity index (χ0v) is 13.9. The van der Waals surface area contributed by atoms with Crippen molar-refractivity contribution in [3.8, 4) is 5.75 Å². The quantitative estimate of drug-likeness (QED) is 0.494. The Hall–Kier alpha value is -2.66. The van der Waals surface area contributed by atoms with Gasteiger partial charge in [-0.05, 0) is 42.9 Å². The van der Waals surface area contributed by atoms with Gasteiger partial charge in [0.25, 0.3) is 0 Å². The van der Waals surface area contributed by atoms with Crippen LogP contribution < -0.4 is 15.5 Å².